The Labute approximate surface area is 164 Å². The third-order valence-electron chi connectivity index (χ3n) is 5.65. The van der Waals surface area contributed by atoms with Gasteiger partial charge in [0, 0.05) is 23.1 Å². The summed E-state index contributed by atoms with van der Waals surface area (Å²) in [6.07, 6.45) is 5.29. The molecule has 1 N–H and O–H groups in total. The fourth-order valence-corrected chi connectivity index (χ4v) is 4.07. The first kappa shape index (κ1) is 18.5. The van der Waals surface area contributed by atoms with E-state index in [9.17, 15) is 14.7 Å². The van der Waals surface area contributed by atoms with Gasteiger partial charge in [-0.05, 0) is 62.3 Å². The van der Waals surface area contributed by atoms with E-state index in [4.69, 9.17) is 9.47 Å². The highest BCUT2D eigenvalue weighted by Crippen LogP contribution is 2.39. The van der Waals surface area contributed by atoms with Crippen molar-refractivity contribution in [2.24, 2.45) is 0 Å². The van der Waals surface area contributed by atoms with Crippen molar-refractivity contribution in [1.29, 1.82) is 0 Å². The van der Waals surface area contributed by atoms with E-state index < -0.39 is 0 Å². The molecule has 2 aliphatic carbocycles. The molecule has 5 heteroatoms. The Morgan fingerprint density at radius 3 is 2.64 bits per heavy atom. The Hall–Kier alpha value is -2.82. The SMILES string of the molecule is Cc1c(O)ccc(-c2ccc3c(c2)CCC3=O)c1OCC(=O)OC1CCCC1. The van der Waals surface area contributed by atoms with Crippen LogP contribution in [-0.4, -0.2) is 29.6 Å². The Bertz CT molecular complexity index is 925. The van der Waals surface area contributed by atoms with Crippen molar-refractivity contribution in [3.8, 4) is 22.6 Å². The third kappa shape index (κ3) is 3.61. The van der Waals surface area contributed by atoms with Crippen LogP contribution < -0.4 is 4.74 Å². The maximum atomic E-state index is 12.2. The molecule has 0 atom stereocenters. The van der Waals surface area contributed by atoms with E-state index in [-0.39, 0.29) is 30.2 Å². The van der Waals surface area contributed by atoms with Crippen LogP contribution in [0.3, 0.4) is 0 Å². The molecular weight excluding hydrogens is 356 g/mol. The molecule has 0 saturated heterocycles. The number of rotatable bonds is 5. The van der Waals surface area contributed by atoms with Crippen LogP contribution in [-0.2, 0) is 16.0 Å². The van der Waals surface area contributed by atoms with E-state index >= 15 is 0 Å². The Kier molecular flexibility index (Phi) is 5.07. The molecule has 0 heterocycles. The van der Waals surface area contributed by atoms with Crippen molar-refractivity contribution >= 4 is 11.8 Å². The van der Waals surface area contributed by atoms with E-state index in [1.807, 2.05) is 18.2 Å². The van der Waals surface area contributed by atoms with Crippen molar-refractivity contribution in [1.82, 2.24) is 0 Å². The van der Waals surface area contributed by atoms with Crippen LogP contribution in [0.15, 0.2) is 30.3 Å². The van der Waals surface area contributed by atoms with Crippen LogP contribution in [0.4, 0.5) is 0 Å². The maximum absolute atomic E-state index is 12.2. The van der Waals surface area contributed by atoms with Crippen molar-refractivity contribution < 1.29 is 24.2 Å². The van der Waals surface area contributed by atoms with Gasteiger partial charge in [-0.2, -0.15) is 0 Å². The highest BCUT2D eigenvalue weighted by molar-refractivity contribution is 6.01. The van der Waals surface area contributed by atoms with E-state index in [0.717, 1.165) is 54.4 Å². The Morgan fingerprint density at radius 1 is 1.11 bits per heavy atom. The lowest BCUT2D eigenvalue weighted by molar-refractivity contribution is -0.151. The zero-order valence-electron chi connectivity index (χ0n) is 16.0. The van der Waals surface area contributed by atoms with Gasteiger partial charge in [-0.1, -0.05) is 18.2 Å². The topological polar surface area (TPSA) is 72.8 Å². The standard InChI is InChI=1S/C23H24O5/c1-14-20(24)11-9-19(16-6-8-18-15(12-16)7-10-21(18)25)23(14)27-13-22(26)28-17-4-2-3-5-17/h6,8-9,11-12,17,24H,2-5,7,10,13H2,1H3. The van der Waals surface area contributed by atoms with Crippen LogP contribution in [0.2, 0.25) is 0 Å². The van der Waals surface area contributed by atoms with Crippen molar-refractivity contribution in [3.05, 3.63) is 47.0 Å². The number of aromatic hydroxyl groups is 1. The molecule has 0 spiro atoms. The summed E-state index contributed by atoms with van der Waals surface area (Å²) in [5, 5.41) is 10.1. The van der Waals surface area contributed by atoms with Crippen LogP contribution in [0.25, 0.3) is 11.1 Å². The number of esters is 1. The number of phenols is 1. The fraction of sp³-hybridized carbons (Fsp3) is 0.391. The average Bonchev–Trinajstić information content (AvgIpc) is 3.32. The number of fused-ring (bicyclic) bond motifs is 1. The number of ether oxygens (including phenoxy) is 2. The lowest BCUT2D eigenvalue weighted by Crippen LogP contribution is -2.21. The smallest absolute Gasteiger partial charge is 0.344 e. The van der Waals surface area contributed by atoms with E-state index in [0.29, 0.717) is 17.7 Å². The minimum atomic E-state index is -0.389. The Morgan fingerprint density at radius 2 is 1.86 bits per heavy atom. The summed E-state index contributed by atoms with van der Waals surface area (Å²) in [6.45, 7) is 1.56. The molecule has 2 aliphatic rings. The van der Waals surface area contributed by atoms with Crippen LogP contribution in [0, 0.1) is 6.92 Å². The fourth-order valence-electron chi connectivity index (χ4n) is 4.07. The number of hydrogen-bond donors (Lipinski definition) is 1. The second-order valence-electron chi connectivity index (χ2n) is 7.57. The minimum absolute atomic E-state index is 0.00454. The van der Waals surface area contributed by atoms with Gasteiger partial charge in [-0.3, -0.25) is 4.79 Å². The number of phenolic OH excluding ortho intramolecular Hbond substituents is 1. The number of ketones is 1. The first-order valence-electron chi connectivity index (χ1n) is 9.84. The summed E-state index contributed by atoms with van der Waals surface area (Å²) in [6, 6.07) is 9.12. The normalized spacial score (nSPS) is 16.2. The molecule has 28 heavy (non-hydrogen) atoms. The van der Waals surface area contributed by atoms with Crippen molar-refractivity contribution in [2.45, 2.75) is 51.6 Å². The molecule has 0 bridgehead atoms. The first-order chi connectivity index (χ1) is 13.5. The molecule has 4 rings (SSSR count). The summed E-state index contributed by atoms with van der Waals surface area (Å²) in [5.41, 5.74) is 4.06. The largest absolute Gasteiger partial charge is 0.508 e. The summed E-state index contributed by atoms with van der Waals surface area (Å²) >= 11 is 0. The third-order valence-corrected chi connectivity index (χ3v) is 5.65. The van der Waals surface area contributed by atoms with Crippen LogP contribution in [0.1, 0.15) is 53.6 Å². The molecule has 2 aromatic rings. The monoisotopic (exact) mass is 380 g/mol. The Balaban J connectivity index is 1.57. The van der Waals surface area contributed by atoms with Gasteiger partial charge in [0.05, 0.1) is 0 Å². The molecule has 5 nitrogen and oxygen atoms in total. The van der Waals surface area contributed by atoms with E-state index in [2.05, 4.69) is 0 Å². The van der Waals surface area contributed by atoms with Crippen LogP contribution in [0.5, 0.6) is 11.5 Å². The van der Waals surface area contributed by atoms with Gasteiger partial charge in [0.1, 0.15) is 17.6 Å². The number of carbonyl (C=O) groups is 2. The molecule has 0 amide bonds. The molecule has 0 unspecified atom stereocenters. The van der Waals surface area contributed by atoms with Gasteiger partial charge in [-0.25, -0.2) is 4.79 Å². The maximum Gasteiger partial charge on any atom is 0.344 e. The van der Waals surface area contributed by atoms with Crippen molar-refractivity contribution in [2.75, 3.05) is 6.61 Å². The second kappa shape index (κ2) is 7.66. The zero-order chi connectivity index (χ0) is 19.7. The lowest BCUT2D eigenvalue weighted by Gasteiger charge is -2.17. The predicted octanol–water partition coefficient (Wildman–Crippen LogP) is 4.36. The first-order valence-corrected chi connectivity index (χ1v) is 9.84. The highest BCUT2D eigenvalue weighted by Gasteiger charge is 2.23. The molecule has 0 aliphatic heterocycles. The quantitative estimate of drug-likeness (QED) is 0.780. The number of benzene rings is 2. The van der Waals surface area contributed by atoms with E-state index in [1.54, 1.807) is 19.1 Å². The average molecular weight is 380 g/mol. The lowest BCUT2D eigenvalue weighted by atomic mass is 9.97. The van der Waals surface area contributed by atoms with Gasteiger partial charge in [-0.15, -0.1) is 0 Å². The van der Waals surface area contributed by atoms with E-state index in [1.165, 1.54) is 0 Å². The second-order valence-corrected chi connectivity index (χ2v) is 7.57. The van der Waals surface area contributed by atoms with Crippen molar-refractivity contribution in [3.63, 3.8) is 0 Å². The minimum Gasteiger partial charge on any atom is -0.508 e. The highest BCUT2D eigenvalue weighted by atomic mass is 16.6. The van der Waals surface area contributed by atoms with Gasteiger partial charge in [0.25, 0.3) is 0 Å². The van der Waals surface area contributed by atoms with Gasteiger partial charge < -0.3 is 14.6 Å². The summed E-state index contributed by atoms with van der Waals surface area (Å²) in [4.78, 5) is 24.0. The predicted molar refractivity (Wildman–Crippen MR) is 105 cm³/mol. The molecule has 146 valence electrons. The molecule has 1 saturated carbocycles. The van der Waals surface area contributed by atoms with Gasteiger partial charge in [0.15, 0.2) is 12.4 Å². The summed E-state index contributed by atoms with van der Waals surface area (Å²) in [7, 11) is 0. The number of Topliss-reactive ketones (excluding diaryl/α,β-unsaturated/α-hetero) is 1. The molecule has 0 aromatic heterocycles. The molecule has 1 fully saturated rings. The number of hydrogen-bond acceptors (Lipinski definition) is 5. The number of aryl methyl sites for hydroxylation is 1. The number of carbonyl (C=O) groups excluding carboxylic acids is 2. The van der Waals surface area contributed by atoms with Crippen LogP contribution >= 0.6 is 0 Å². The molecule has 2 aromatic carbocycles. The molecular formula is C23H24O5. The molecule has 0 radical (unpaired) electrons. The van der Waals surface area contributed by atoms with Gasteiger partial charge in [0.2, 0.25) is 0 Å². The zero-order valence-corrected chi connectivity index (χ0v) is 16.0. The summed E-state index contributed by atoms with van der Waals surface area (Å²) < 4.78 is 11.3. The summed E-state index contributed by atoms with van der Waals surface area (Å²) in [5.74, 6) is 0.363. The van der Waals surface area contributed by atoms with Gasteiger partial charge >= 0.3 is 5.97 Å².